The summed E-state index contributed by atoms with van der Waals surface area (Å²) in [5.74, 6) is 0.798. The number of carbonyl (C=O) groups excluding carboxylic acids is 1. The summed E-state index contributed by atoms with van der Waals surface area (Å²) in [5, 5.41) is 5.67. The average Bonchev–Trinajstić information content (AvgIpc) is 3.00. The Morgan fingerprint density at radius 2 is 1.87 bits per heavy atom. The lowest BCUT2D eigenvalue weighted by molar-refractivity contribution is 0.107. The maximum atomic E-state index is 11.9. The van der Waals surface area contributed by atoms with E-state index in [0.29, 0.717) is 13.1 Å². The highest BCUT2D eigenvalue weighted by atomic mass is 32.1. The molecule has 23 heavy (non-hydrogen) atoms. The van der Waals surface area contributed by atoms with Crippen LogP contribution in [0.25, 0.3) is 0 Å². The second kappa shape index (κ2) is 8.55. The molecule has 0 spiro atoms. The first-order valence-corrected chi connectivity index (χ1v) is 8.17. The molecule has 0 aliphatic rings. The molecule has 1 unspecified atom stereocenters. The van der Waals surface area contributed by atoms with Crippen molar-refractivity contribution < 1.29 is 14.3 Å². The van der Waals surface area contributed by atoms with Gasteiger partial charge in [0, 0.05) is 23.4 Å². The number of rotatable bonds is 7. The molecule has 2 amide bonds. The molecule has 2 aromatic rings. The topological polar surface area (TPSA) is 59.6 Å². The molecule has 1 aromatic carbocycles. The minimum atomic E-state index is -0.212. The minimum Gasteiger partial charge on any atom is -0.497 e. The molecule has 0 saturated carbocycles. The first-order valence-electron chi connectivity index (χ1n) is 7.36. The predicted molar refractivity (Wildman–Crippen MR) is 92.0 cm³/mol. The van der Waals surface area contributed by atoms with E-state index in [1.165, 1.54) is 4.88 Å². The van der Waals surface area contributed by atoms with E-state index in [-0.39, 0.29) is 12.1 Å². The molecule has 124 valence electrons. The summed E-state index contributed by atoms with van der Waals surface area (Å²) < 4.78 is 10.5. The van der Waals surface area contributed by atoms with Crippen LogP contribution in [0.15, 0.2) is 36.4 Å². The zero-order chi connectivity index (χ0) is 16.7. The van der Waals surface area contributed by atoms with Gasteiger partial charge in [-0.2, -0.15) is 0 Å². The highest BCUT2D eigenvalue weighted by molar-refractivity contribution is 7.12. The monoisotopic (exact) mass is 334 g/mol. The van der Waals surface area contributed by atoms with Crippen LogP contribution in [0, 0.1) is 6.92 Å². The fourth-order valence-electron chi connectivity index (χ4n) is 2.10. The van der Waals surface area contributed by atoms with Gasteiger partial charge in [-0.1, -0.05) is 12.1 Å². The van der Waals surface area contributed by atoms with Gasteiger partial charge in [-0.05, 0) is 36.8 Å². The van der Waals surface area contributed by atoms with Gasteiger partial charge in [-0.15, -0.1) is 11.3 Å². The largest absolute Gasteiger partial charge is 0.497 e. The Balaban J connectivity index is 1.77. The molecule has 1 aromatic heterocycles. The van der Waals surface area contributed by atoms with Crippen LogP contribution in [0.3, 0.4) is 0 Å². The summed E-state index contributed by atoms with van der Waals surface area (Å²) in [6.07, 6.45) is -0.125. The van der Waals surface area contributed by atoms with Gasteiger partial charge in [0.25, 0.3) is 0 Å². The molecule has 1 atom stereocenters. The van der Waals surface area contributed by atoms with Crippen molar-refractivity contribution in [2.75, 3.05) is 20.8 Å². The van der Waals surface area contributed by atoms with E-state index < -0.39 is 0 Å². The van der Waals surface area contributed by atoms with Crippen LogP contribution in [0.5, 0.6) is 5.75 Å². The van der Waals surface area contributed by atoms with Crippen molar-refractivity contribution in [3.05, 3.63) is 51.7 Å². The predicted octanol–water partition coefficient (Wildman–Crippen LogP) is 3.25. The standard InChI is InChI=1S/C17H22N2O3S/c1-12-4-9-16(23-12)15(22-3)11-19-17(20)18-10-13-5-7-14(21-2)8-6-13/h4-9,15H,10-11H2,1-3H3,(H2,18,19,20). The molecular weight excluding hydrogens is 312 g/mol. The Hall–Kier alpha value is -2.05. The average molecular weight is 334 g/mol. The van der Waals surface area contributed by atoms with Crippen molar-refractivity contribution in [2.45, 2.75) is 19.6 Å². The smallest absolute Gasteiger partial charge is 0.315 e. The summed E-state index contributed by atoms with van der Waals surface area (Å²) in [5.41, 5.74) is 1.01. The van der Waals surface area contributed by atoms with Crippen LogP contribution in [-0.2, 0) is 11.3 Å². The number of hydrogen-bond donors (Lipinski definition) is 2. The number of amides is 2. The van der Waals surface area contributed by atoms with E-state index in [9.17, 15) is 4.79 Å². The number of carbonyl (C=O) groups is 1. The highest BCUT2D eigenvalue weighted by Crippen LogP contribution is 2.24. The summed E-state index contributed by atoms with van der Waals surface area (Å²) in [7, 11) is 3.28. The molecule has 0 radical (unpaired) electrons. The Bertz CT molecular complexity index is 625. The molecule has 0 saturated heterocycles. The van der Waals surface area contributed by atoms with Crippen molar-refractivity contribution in [1.82, 2.24) is 10.6 Å². The van der Waals surface area contributed by atoms with E-state index >= 15 is 0 Å². The Morgan fingerprint density at radius 3 is 2.43 bits per heavy atom. The second-order valence-corrected chi connectivity index (χ2v) is 6.40. The molecule has 6 heteroatoms. The SMILES string of the molecule is COc1ccc(CNC(=O)NCC(OC)c2ccc(C)s2)cc1. The third-order valence-electron chi connectivity index (χ3n) is 3.42. The van der Waals surface area contributed by atoms with Crippen LogP contribution < -0.4 is 15.4 Å². The summed E-state index contributed by atoms with van der Waals surface area (Å²) >= 11 is 1.68. The number of ether oxygens (including phenoxy) is 2. The maximum absolute atomic E-state index is 11.9. The van der Waals surface area contributed by atoms with Gasteiger partial charge in [0.1, 0.15) is 11.9 Å². The number of thiophene rings is 1. The number of aryl methyl sites for hydroxylation is 1. The van der Waals surface area contributed by atoms with E-state index in [1.54, 1.807) is 25.6 Å². The first-order chi connectivity index (χ1) is 11.1. The zero-order valence-corrected chi connectivity index (χ0v) is 14.4. The van der Waals surface area contributed by atoms with E-state index in [4.69, 9.17) is 9.47 Å². The van der Waals surface area contributed by atoms with Gasteiger partial charge < -0.3 is 20.1 Å². The maximum Gasteiger partial charge on any atom is 0.315 e. The minimum absolute atomic E-state index is 0.125. The van der Waals surface area contributed by atoms with Crippen LogP contribution in [0.2, 0.25) is 0 Å². The first kappa shape index (κ1) is 17.3. The number of benzene rings is 1. The molecule has 0 aliphatic carbocycles. The third-order valence-corrected chi connectivity index (χ3v) is 4.52. The molecular formula is C17H22N2O3S. The van der Waals surface area contributed by atoms with E-state index in [1.807, 2.05) is 30.3 Å². The lowest BCUT2D eigenvalue weighted by Crippen LogP contribution is -2.37. The lowest BCUT2D eigenvalue weighted by Gasteiger charge is -2.15. The van der Waals surface area contributed by atoms with Gasteiger partial charge in [-0.3, -0.25) is 0 Å². The summed E-state index contributed by atoms with van der Waals surface area (Å²) in [4.78, 5) is 14.2. The Labute approximate surface area is 140 Å². The van der Waals surface area contributed by atoms with E-state index in [2.05, 4.69) is 23.6 Å². The van der Waals surface area contributed by atoms with Gasteiger partial charge in [-0.25, -0.2) is 4.79 Å². The summed E-state index contributed by atoms with van der Waals surface area (Å²) in [6, 6.07) is 11.5. The van der Waals surface area contributed by atoms with Crippen molar-refractivity contribution in [3.63, 3.8) is 0 Å². The van der Waals surface area contributed by atoms with E-state index in [0.717, 1.165) is 16.2 Å². The molecule has 5 nitrogen and oxygen atoms in total. The number of methoxy groups -OCH3 is 2. The summed E-state index contributed by atoms with van der Waals surface area (Å²) in [6.45, 7) is 2.95. The molecule has 2 N–H and O–H groups in total. The van der Waals surface area contributed by atoms with Crippen molar-refractivity contribution in [3.8, 4) is 5.75 Å². The fourth-order valence-corrected chi connectivity index (χ4v) is 3.06. The van der Waals surface area contributed by atoms with Crippen molar-refractivity contribution >= 4 is 17.4 Å². The number of nitrogens with one attached hydrogen (secondary N) is 2. The third kappa shape index (κ3) is 5.26. The van der Waals surface area contributed by atoms with Gasteiger partial charge in [0.05, 0.1) is 13.7 Å². The van der Waals surface area contributed by atoms with Crippen LogP contribution in [-0.4, -0.2) is 26.8 Å². The zero-order valence-electron chi connectivity index (χ0n) is 13.6. The van der Waals surface area contributed by atoms with Crippen LogP contribution in [0.1, 0.15) is 21.4 Å². The van der Waals surface area contributed by atoms with Crippen LogP contribution >= 0.6 is 11.3 Å². The van der Waals surface area contributed by atoms with Gasteiger partial charge >= 0.3 is 6.03 Å². The Morgan fingerprint density at radius 1 is 1.13 bits per heavy atom. The molecule has 0 fully saturated rings. The van der Waals surface area contributed by atoms with Gasteiger partial charge in [0.2, 0.25) is 0 Å². The highest BCUT2D eigenvalue weighted by Gasteiger charge is 2.13. The molecule has 0 bridgehead atoms. The van der Waals surface area contributed by atoms with Crippen LogP contribution in [0.4, 0.5) is 4.79 Å². The van der Waals surface area contributed by atoms with Crippen molar-refractivity contribution in [1.29, 1.82) is 0 Å². The lowest BCUT2D eigenvalue weighted by atomic mass is 10.2. The number of hydrogen-bond acceptors (Lipinski definition) is 4. The fraction of sp³-hybridized carbons (Fsp3) is 0.353. The second-order valence-electron chi connectivity index (χ2n) is 5.08. The van der Waals surface area contributed by atoms with Crippen molar-refractivity contribution in [2.24, 2.45) is 0 Å². The molecule has 0 aliphatic heterocycles. The number of urea groups is 1. The quantitative estimate of drug-likeness (QED) is 0.817. The normalized spacial score (nSPS) is 11.8. The Kier molecular flexibility index (Phi) is 6.43. The molecule has 1 heterocycles. The van der Waals surface area contributed by atoms with Gasteiger partial charge in [0.15, 0.2) is 0 Å². The molecule has 2 rings (SSSR count).